The minimum Gasteiger partial charge on any atom is -0.506 e. The van der Waals surface area contributed by atoms with Crippen LogP contribution in [-0.4, -0.2) is 37.4 Å². The van der Waals surface area contributed by atoms with E-state index in [4.69, 9.17) is 5.11 Å². The van der Waals surface area contributed by atoms with Crippen molar-refractivity contribution in [1.82, 2.24) is 0 Å². The average Bonchev–Trinajstić information content (AvgIpc) is 2.13. The molecule has 0 fully saturated rings. The van der Waals surface area contributed by atoms with Crippen LogP contribution in [0.4, 0.5) is 8.78 Å². The van der Waals surface area contributed by atoms with Crippen LogP contribution in [0.25, 0.3) is 0 Å². The predicted octanol–water partition coefficient (Wildman–Crippen LogP) is 1.33. The number of hydrogen-bond acceptors (Lipinski definition) is 4. The molecule has 0 saturated carbocycles. The van der Waals surface area contributed by atoms with Gasteiger partial charge in [0.25, 0.3) is 6.43 Å². The van der Waals surface area contributed by atoms with Gasteiger partial charge in [0, 0.05) is 13.3 Å². The SMILES string of the molecule is CCOC(=O)/C(C=NC)=C(/O)C(F)F. The summed E-state index contributed by atoms with van der Waals surface area (Å²) < 4.78 is 28.5. The molecule has 1 N–H and O–H groups in total. The van der Waals surface area contributed by atoms with E-state index in [0.717, 1.165) is 6.21 Å². The Morgan fingerprint density at radius 3 is 2.57 bits per heavy atom. The van der Waals surface area contributed by atoms with Crippen LogP contribution in [0.15, 0.2) is 16.3 Å². The molecule has 4 nitrogen and oxygen atoms in total. The summed E-state index contributed by atoms with van der Waals surface area (Å²) in [5, 5.41) is 8.85. The van der Waals surface area contributed by atoms with Crippen molar-refractivity contribution < 1.29 is 23.4 Å². The largest absolute Gasteiger partial charge is 0.506 e. The van der Waals surface area contributed by atoms with E-state index in [1.807, 2.05) is 0 Å². The van der Waals surface area contributed by atoms with Crippen molar-refractivity contribution >= 4 is 12.2 Å². The summed E-state index contributed by atoms with van der Waals surface area (Å²) in [5.41, 5.74) is -0.621. The maximum atomic E-state index is 12.0. The van der Waals surface area contributed by atoms with Gasteiger partial charge in [-0.3, -0.25) is 4.99 Å². The lowest BCUT2D eigenvalue weighted by Gasteiger charge is -2.04. The third kappa shape index (κ3) is 3.51. The summed E-state index contributed by atoms with van der Waals surface area (Å²) in [7, 11) is 1.29. The van der Waals surface area contributed by atoms with Gasteiger partial charge in [-0.2, -0.15) is 0 Å². The number of nitrogens with zero attached hydrogens (tertiary/aromatic N) is 1. The number of hydrogen-bond donors (Lipinski definition) is 1. The standard InChI is InChI=1S/C8H11F2NO3/c1-3-14-8(13)5(4-11-2)6(12)7(9)10/h4,7,12H,3H2,1-2H3/b6-5+,11-4?. The fraction of sp³-hybridized carbons (Fsp3) is 0.500. The van der Waals surface area contributed by atoms with Gasteiger partial charge in [0.1, 0.15) is 5.57 Å². The zero-order valence-electron chi connectivity index (χ0n) is 7.83. The zero-order chi connectivity index (χ0) is 11.1. The van der Waals surface area contributed by atoms with Crippen LogP contribution in [-0.2, 0) is 9.53 Å². The molecule has 0 spiro atoms. The van der Waals surface area contributed by atoms with E-state index in [1.165, 1.54) is 14.0 Å². The van der Waals surface area contributed by atoms with Gasteiger partial charge in [-0.05, 0) is 6.92 Å². The van der Waals surface area contributed by atoms with Crippen LogP contribution in [0.5, 0.6) is 0 Å². The van der Waals surface area contributed by atoms with Crippen molar-refractivity contribution in [3.63, 3.8) is 0 Å². The molecule has 14 heavy (non-hydrogen) atoms. The number of allylic oxidation sites excluding steroid dienone is 1. The Morgan fingerprint density at radius 1 is 1.64 bits per heavy atom. The van der Waals surface area contributed by atoms with Crippen LogP contribution in [0, 0.1) is 0 Å². The van der Waals surface area contributed by atoms with Gasteiger partial charge in [-0.25, -0.2) is 13.6 Å². The molecule has 0 radical (unpaired) electrons. The normalized spacial score (nSPS) is 13.2. The third-order valence-electron chi connectivity index (χ3n) is 1.24. The number of aliphatic hydroxyl groups excluding tert-OH is 1. The highest BCUT2D eigenvalue weighted by Crippen LogP contribution is 2.11. The molecule has 0 amide bonds. The molecule has 0 heterocycles. The maximum absolute atomic E-state index is 12.0. The number of alkyl halides is 2. The number of aliphatic imine (C=N–C) groups is 1. The lowest BCUT2D eigenvalue weighted by atomic mass is 10.2. The Morgan fingerprint density at radius 2 is 2.21 bits per heavy atom. The molecule has 0 aromatic carbocycles. The molecule has 80 valence electrons. The first-order valence-electron chi connectivity index (χ1n) is 3.85. The van der Waals surface area contributed by atoms with E-state index >= 15 is 0 Å². The van der Waals surface area contributed by atoms with E-state index in [9.17, 15) is 13.6 Å². The molecular formula is C8H11F2NO3. The van der Waals surface area contributed by atoms with Crippen molar-refractivity contribution in [3.8, 4) is 0 Å². The molecule has 0 unspecified atom stereocenters. The molecule has 0 aliphatic heterocycles. The second kappa shape index (κ2) is 6.06. The van der Waals surface area contributed by atoms with Gasteiger partial charge in [-0.15, -0.1) is 0 Å². The molecule has 0 bridgehead atoms. The summed E-state index contributed by atoms with van der Waals surface area (Å²) in [6.45, 7) is 1.56. The second-order valence-corrected chi connectivity index (χ2v) is 2.21. The van der Waals surface area contributed by atoms with Crippen molar-refractivity contribution in [1.29, 1.82) is 0 Å². The summed E-state index contributed by atoms with van der Waals surface area (Å²) in [6.07, 6.45) is -2.29. The Hall–Kier alpha value is -1.46. The van der Waals surface area contributed by atoms with Crippen LogP contribution in [0.3, 0.4) is 0 Å². The highest BCUT2D eigenvalue weighted by molar-refractivity contribution is 6.09. The lowest BCUT2D eigenvalue weighted by Crippen LogP contribution is -2.14. The van der Waals surface area contributed by atoms with Crippen molar-refractivity contribution in [2.75, 3.05) is 13.7 Å². The van der Waals surface area contributed by atoms with E-state index in [1.54, 1.807) is 0 Å². The Balaban J connectivity index is 4.93. The Kier molecular flexibility index (Phi) is 5.43. The smallest absolute Gasteiger partial charge is 0.343 e. The van der Waals surface area contributed by atoms with E-state index in [-0.39, 0.29) is 6.61 Å². The first-order chi connectivity index (χ1) is 6.54. The topological polar surface area (TPSA) is 58.9 Å². The number of aliphatic hydroxyl groups is 1. The number of carbonyl (C=O) groups is 1. The monoisotopic (exact) mass is 207 g/mol. The molecular weight excluding hydrogens is 196 g/mol. The van der Waals surface area contributed by atoms with Gasteiger partial charge < -0.3 is 9.84 Å². The summed E-state index contributed by atoms with van der Waals surface area (Å²) in [4.78, 5) is 14.4. The summed E-state index contributed by atoms with van der Waals surface area (Å²) in [5.74, 6) is -2.34. The molecule has 0 aliphatic rings. The molecule has 0 aromatic rings. The van der Waals surface area contributed by atoms with Gasteiger partial charge >= 0.3 is 5.97 Å². The lowest BCUT2D eigenvalue weighted by molar-refractivity contribution is -0.138. The van der Waals surface area contributed by atoms with Crippen LogP contribution < -0.4 is 0 Å². The predicted molar refractivity (Wildman–Crippen MR) is 46.7 cm³/mol. The number of carbonyl (C=O) groups excluding carboxylic acids is 1. The molecule has 0 aromatic heterocycles. The first kappa shape index (κ1) is 12.5. The Bertz CT molecular complexity index is 261. The van der Waals surface area contributed by atoms with Crippen molar-refractivity contribution in [2.24, 2.45) is 4.99 Å². The van der Waals surface area contributed by atoms with Crippen molar-refractivity contribution in [3.05, 3.63) is 11.3 Å². The second-order valence-electron chi connectivity index (χ2n) is 2.21. The third-order valence-corrected chi connectivity index (χ3v) is 1.24. The van der Waals surface area contributed by atoms with E-state index in [0.29, 0.717) is 0 Å². The van der Waals surface area contributed by atoms with Crippen LogP contribution in [0.1, 0.15) is 6.92 Å². The summed E-state index contributed by atoms with van der Waals surface area (Å²) in [6, 6.07) is 0. The number of rotatable bonds is 4. The van der Waals surface area contributed by atoms with Crippen LogP contribution >= 0.6 is 0 Å². The maximum Gasteiger partial charge on any atom is 0.343 e. The fourth-order valence-corrected chi connectivity index (χ4v) is 0.679. The molecule has 0 atom stereocenters. The quantitative estimate of drug-likeness (QED) is 0.327. The van der Waals surface area contributed by atoms with Gasteiger partial charge in [0.2, 0.25) is 0 Å². The zero-order valence-corrected chi connectivity index (χ0v) is 7.83. The summed E-state index contributed by atoms with van der Waals surface area (Å²) >= 11 is 0. The highest BCUT2D eigenvalue weighted by Gasteiger charge is 2.20. The number of ether oxygens (including phenoxy) is 1. The van der Waals surface area contributed by atoms with Gasteiger partial charge in [0.15, 0.2) is 5.76 Å². The first-order valence-corrected chi connectivity index (χ1v) is 3.85. The minimum absolute atomic E-state index is 0.0381. The molecule has 0 aliphatic carbocycles. The minimum atomic E-state index is -3.12. The van der Waals surface area contributed by atoms with Gasteiger partial charge in [-0.1, -0.05) is 0 Å². The molecule has 0 saturated heterocycles. The van der Waals surface area contributed by atoms with E-state index < -0.39 is 23.7 Å². The number of halogens is 2. The van der Waals surface area contributed by atoms with Crippen LogP contribution in [0.2, 0.25) is 0 Å². The van der Waals surface area contributed by atoms with E-state index in [2.05, 4.69) is 9.73 Å². The fourth-order valence-electron chi connectivity index (χ4n) is 0.679. The average molecular weight is 207 g/mol. The number of esters is 1. The highest BCUT2D eigenvalue weighted by atomic mass is 19.3. The van der Waals surface area contributed by atoms with Crippen molar-refractivity contribution in [2.45, 2.75) is 13.3 Å². The Labute approximate surface area is 79.9 Å². The van der Waals surface area contributed by atoms with Gasteiger partial charge in [0.05, 0.1) is 6.61 Å². The molecule has 6 heteroatoms. The molecule has 0 rings (SSSR count).